The van der Waals surface area contributed by atoms with Gasteiger partial charge in [0.1, 0.15) is 17.2 Å². The number of pyridine rings is 1. The van der Waals surface area contributed by atoms with Gasteiger partial charge in [-0.1, -0.05) is 0 Å². The molecule has 1 unspecified atom stereocenters. The molecule has 2 heterocycles. The maximum atomic E-state index is 12.9. The summed E-state index contributed by atoms with van der Waals surface area (Å²) >= 11 is 0. The summed E-state index contributed by atoms with van der Waals surface area (Å²) in [5.41, 5.74) is -0.129. The third-order valence-electron chi connectivity index (χ3n) is 3.26. The van der Waals surface area contributed by atoms with Crippen molar-refractivity contribution < 1.29 is 14.3 Å². The van der Waals surface area contributed by atoms with Crippen molar-refractivity contribution in [2.75, 3.05) is 25.5 Å². The van der Waals surface area contributed by atoms with E-state index < -0.39 is 11.8 Å². The molecule has 6 heteroatoms. The zero-order valence-electron chi connectivity index (χ0n) is 10.2. The van der Waals surface area contributed by atoms with Crippen molar-refractivity contribution in [1.29, 1.82) is 0 Å². The van der Waals surface area contributed by atoms with Crippen LogP contribution in [0.1, 0.15) is 23.2 Å². The van der Waals surface area contributed by atoms with Crippen LogP contribution >= 0.6 is 0 Å². The first-order valence-electron chi connectivity index (χ1n) is 5.91. The van der Waals surface area contributed by atoms with Gasteiger partial charge in [-0.05, 0) is 32.5 Å². The molecule has 1 aliphatic heterocycles. The number of nitrogens with one attached hydrogen (secondary N) is 1. The molecular weight excluding hydrogens is 237 g/mol. The van der Waals surface area contributed by atoms with Crippen LogP contribution in [0.15, 0.2) is 12.3 Å². The molecule has 1 aromatic heterocycles. The maximum absolute atomic E-state index is 12.9. The van der Waals surface area contributed by atoms with E-state index in [1.54, 1.807) is 0 Å². The Morgan fingerprint density at radius 3 is 3.11 bits per heavy atom. The predicted molar refractivity (Wildman–Crippen MR) is 65.3 cm³/mol. The second-order valence-corrected chi connectivity index (χ2v) is 4.51. The third-order valence-corrected chi connectivity index (χ3v) is 3.26. The van der Waals surface area contributed by atoms with E-state index in [4.69, 9.17) is 5.11 Å². The standard InChI is InChI=1S/C12H16FN3O2/c1-16-4-2-3-9(16)7-15-11-10(12(17)18)5-8(13)6-14-11/h5-6,9H,2-4,7H2,1H3,(H,14,15)(H,17,18). The Kier molecular flexibility index (Phi) is 3.76. The second kappa shape index (κ2) is 5.30. The number of nitrogens with zero attached hydrogens (tertiary/aromatic N) is 2. The average Bonchev–Trinajstić information content (AvgIpc) is 2.73. The van der Waals surface area contributed by atoms with E-state index in [1.807, 2.05) is 7.05 Å². The highest BCUT2D eigenvalue weighted by molar-refractivity contribution is 5.93. The van der Waals surface area contributed by atoms with Crippen LogP contribution in [0.4, 0.5) is 10.2 Å². The quantitative estimate of drug-likeness (QED) is 0.849. The lowest BCUT2D eigenvalue weighted by atomic mass is 10.2. The van der Waals surface area contributed by atoms with E-state index in [2.05, 4.69) is 15.2 Å². The van der Waals surface area contributed by atoms with Crippen molar-refractivity contribution in [3.8, 4) is 0 Å². The molecule has 0 bridgehead atoms. The molecule has 0 saturated carbocycles. The third kappa shape index (κ3) is 2.76. The number of carboxylic acid groups (broad SMARTS) is 1. The smallest absolute Gasteiger partial charge is 0.339 e. The Bertz CT molecular complexity index is 453. The average molecular weight is 253 g/mol. The number of anilines is 1. The highest BCUT2D eigenvalue weighted by Gasteiger charge is 2.21. The second-order valence-electron chi connectivity index (χ2n) is 4.51. The van der Waals surface area contributed by atoms with Crippen LogP contribution in [-0.4, -0.2) is 47.1 Å². The van der Waals surface area contributed by atoms with Crippen molar-refractivity contribution in [3.05, 3.63) is 23.6 Å². The number of hydrogen-bond acceptors (Lipinski definition) is 4. The van der Waals surface area contributed by atoms with E-state index in [0.717, 1.165) is 31.6 Å². The molecule has 1 atom stereocenters. The number of carbonyl (C=O) groups is 1. The summed E-state index contributed by atoms with van der Waals surface area (Å²) in [6.45, 7) is 1.67. The molecule has 18 heavy (non-hydrogen) atoms. The Labute approximate surface area is 105 Å². The molecule has 5 nitrogen and oxygen atoms in total. The van der Waals surface area contributed by atoms with Crippen LogP contribution in [0.3, 0.4) is 0 Å². The minimum absolute atomic E-state index is 0.129. The van der Waals surface area contributed by atoms with Gasteiger partial charge >= 0.3 is 5.97 Å². The molecule has 1 aliphatic rings. The summed E-state index contributed by atoms with van der Waals surface area (Å²) in [4.78, 5) is 17.0. The van der Waals surface area contributed by atoms with Crippen LogP contribution in [0.2, 0.25) is 0 Å². The fourth-order valence-electron chi connectivity index (χ4n) is 2.19. The number of likely N-dealkylation sites (N-methyl/N-ethyl adjacent to an activating group) is 1. The molecule has 1 fully saturated rings. The maximum Gasteiger partial charge on any atom is 0.339 e. The molecule has 0 spiro atoms. The summed E-state index contributed by atoms with van der Waals surface area (Å²) in [5, 5.41) is 12.0. The first kappa shape index (κ1) is 12.8. The number of likely N-dealkylation sites (tertiary alicyclic amines) is 1. The number of aromatic nitrogens is 1. The van der Waals surface area contributed by atoms with Crippen LogP contribution in [0.5, 0.6) is 0 Å². The SMILES string of the molecule is CN1CCCC1CNc1ncc(F)cc1C(=O)O. The number of rotatable bonds is 4. The largest absolute Gasteiger partial charge is 0.478 e. The highest BCUT2D eigenvalue weighted by atomic mass is 19.1. The van der Waals surface area contributed by atoms with Crippen LogP contribution in [-0.2, 0) is 0 Å². The summed E-state index contributed by atoms with van der Waals surface area (Å²) in [6.07, 6.45) is 3.24. The van der Waals surface area contributed by atoms with Gasteiger partial charge in [0, 0.05) is 12.6 Å². The summed E-state index contributed by atoms with van der Waals surface area (Å²) < 4.78 is 12.9. The molecule has 2 N–H and O–H groups in total. The fraction of sp³-hybridized carbons (Fsp3) is 0.500. The van der Waals surface area contributed by atoms with Gasteiger partial charge in [-0.15, -0.1) is 0 Å². The molecule has 0 amide bonds. The monoisotopic (exact) mass is 253 g/mol. The highest BCUT2D eigenvalue weighted by Crippen LogP contribution is 2.17. The zero-order chi connectivity index (χ0) is 13.1. The van der Waals surface area contributed by atoms with Crippen LogP contribution in [0, 0.1) is 5.82 Å². The Balaban J connectivity index is 2.06. The molecule has 1 saturated heterocycles. The minimum atomic E-state index is -1.18. The van der Waals surface area contributed by atoms with Gasteiger partial charge in [0.2, 0.25) is 0 Å². The van der Waals surface area contributed by atoms with E-state index in [0.29, 0.717) is 12.6 Å². The lowest BCUT2D eigenvalue weighted by molar-refractivity contribution is 0.0697. The Morgan fingerprint density at radius 1 is 1.72 bits per heavy atom. The first-order valence-corrected chi connectivity index (χ1v) is 5.91. The van der Waals surface area contributed by atoms with Crippen LogP contribution in [0.25, 0.3) is 0 Å². The normalized spacial score (nSPS) is 20.0. The topological polar surface area (TPSA) is 65.5 Å². The number of aromatic carboxylic acids is 1. The number of hydrogen-bond donors (Lipinski definition) is 2. The molecular formula is C12H16FN3O2. The number of halogens is 1. The van der Waals surface area contributed by atoms with Gasteiger partial charge in [0.15, 0.2) is 0 Å². The Morgan fingerprint density at radius 2 is 2.50 bits per heavy atom. The van der Waals surface area contributed by atoms with E-state index in [1.165, 1.54) is 0 Å². The van der Waals surface area contributed by atoms with Crippen molar-refractivity contribution >= 4 is 11.8 Å². The Hall–Kier alpha value is -1.69. The van der Waals surface area contributed by atoms with Crippen molar-refractivity contribution in [2.24, 2.45) is 0 Å². The fourth-order valence-corrected chi connectivity index (χ4v) is 2.19. The van der Waals surface area contributed by atoms with E-state index in [-0.39, 0.29) is 11.4 Å². The van der Waals surface area contributed by atoms with Gasteiger partial charge in [0.05, 0.1) is 6.20 Å². The molecule has 1 aromatic rings. The first-order chi connectivity index (χ1) is 8.58. The summed E-state index contributed by atoms with van der Waals surface area (Å²) in [5.74, 6) is -1.59. The van der Waals surface area contributed by atoms with Crippen molar-refractivity contribution in [1.82, 2.24) is 9.88 Å². The van der Waals surface area contributed by atoms with Gasteiger partial charge in [0.25, 0.3) is 0 Å². The lowest BCUT2D eigenvalue weighted by Gasteiger charge is -2.20. The number of carboxylic acids is 1. The predicted octanol–water partition coefficient (Wildman–Crippen LogP) is 1.42. The van der Waals surface area contributed by atoms with Crippen molar-refractivity contribution in [3.63, 3.8) is 0 Å². The van der Waals surface area contributed by atoms with E-state index in [9.17, 15) is 9.18 Å². The molecule has 2 rings (SSSR count). The molecule has 0 aliphatic carbocycles. The van der Waals surface area contributed by atoms with Crippen molar-refractivity contribution in [2.45, 2.75) is 18.9 Å². The molecule has 98 valence electrons. The van der Waals surface area contributed by atoms with Gasteiger partial charge < -0.3 is 15.3 Å². The van der Waals surface area contributed by atoms with Gasteiger partial charge in [-0.3, -0.25) is 0 Å². The summed E-state index contributed by atoms with van der Waals surface area (Å²) in [7, 11) is 2.04. The lowest BCUT2D eigenvalue weighted by Crippen LogP contribution is -2.32. The molecule has 0 radical (unpaired) electrons. The van der Waals surface area contributed by atoms with Gasteiger partial charge in [-0.25, -0.2) is 14.2 Å². The van der Waals surface area contributed by atoms with E-state index >= 15 is 0 Å². The summed E-state index contributed by atoms with van der Waals surface area (Å²) in [6, 6.07) is 1.36. The van der Waals surface area contributed by atoms with Crippen LogP contribution < -0.4 is 5.32 Å². The molecule has 0 aromatic carbocycles. The zero-order valence-corrected chi connectivity index (χ0v) is 10.2. The van der Waals surface area contributed by atoms with Gasteiger partial charge in [-0.2, -0.15) is 0 Å². The minimum Gasteiger partial charge on any atom is -0.478 e.